The zero-order valence-corrected chi connectivity index (χ0v) is 18.1. The van der Waals surface area contributed by atoms with E-state index in [1.807, 2.05) is 38.1 Å². The standard InChI is InChI=1S/C23H24N2O4S/c1-12-13(2)30-23(24-12)25-19(14-8-10-15(28-3)11-9-14)18-20(26)16-6-4-5-7-17(16)29-21(18)22(25)27/h8-11,16-17,19H,4-7H2,1-3H3. The van der Waals surface area contributed by atoms with Crippen molar-refractivity contribution < 1.29 is 19.1 Å². The quantitative estimate of drug-likeness (QED) is 0.736. The van der Waals surface area contributed by atoms with E-state index in [1.165, 1.54) is 11.3 Å². The zero-order valence-electron chi connectivity index (χ0n) is 17.3. The van der Waals surface area contributed by atoms with Gasteiger partial charge in [-0.15, -0.1) is 11.3 Å². The molecule has 1 aromatic heterocycles. The minimum atomic E-state index is -0.529. The van der Waals surface area contributed by atoms with E-state index in [9.17, 15) is 9.59 Å². The number of thiazole rings is 1. The Balaban J connectivity index is 1.65. The number of aryl methyl sites for hydroxylation is 2. The summed E-state index contributed by atoms with van der Waals surface area (Å²) in [5.41, 5.74) is 2.23. The maximum Gasteiger partial charge on any atom is 0.296 e. The summed E-state index contributed by atoms with van der Waals surface area (Å²) >= 11 is 1.47. The summed E-state index contributed by atoms with van der Waals surface area (Å²) in [6, 6.07) is 7.00. The van der Waals surface area contributed by atoms with Crippen molar-refractivity contribution in [2.45, 2.75) is 51.7 Å². The van der Waals surface area contributed by atoms with Crippen molar-refractivity contribution >= 4 is 28.2 Å². The molecule has 7 heteroatoms. The molecule has 30 heavy (non-hydrogen) atoms. The monoisotopic (exact) mass is 424 g/mol. The summed E-state index contributed by atoms with van der Waals surface area (Å²) < 4.78 is 11.5. The molecule has 1 amide bonds. The second-order valence-electron chi connectivity index (χ2n) is 8.14. The van der Waals surface area contributed by atoms with Crippen LogP contribution in [0, 0.1) is 19.8 Å². The Hall–Kier alpha value is -2.67. The summed E-state index contributed by atoms with van der Waals surface area (Å²) in [5.74, 6) is 0.572. The maximum atomic E-state index is 13.6. The minimum Gasteiger partial charge on any atom is -0.497 e. The SMILES string of the molecule is COc1ccc(C2C3=C(OC4CCCCC4C3=O)C(=O)N2c2nc(C)c(C)s2)cc1. The van der Waals surface area contributed by atoms with Crippen molar-refractivity contribution in [3.8, 4) is 5.75 Å². The van der Waals surface area contributed by atoms with E-state index in [2.05, 4.69) is 4.98 Å². The number of anilines is 1. The molecule has 0 bridgehead atoms. The van der Waals surface area contributed by atoms with Crippen molar-refractivity contribution in [3.63, 3.8) is 0 Å². The number of carbonyl (C=O) groups is 2. The number of rotatable bonds is 3. The smallest absolute Gasteiger partial charge is 0.296 e. The van der Waals surface area contributed by atoms with Crippen LogP contribution in [0.1, 0.15) is 47.9 Å². The van der Waals surface area contributed by atoms with Crippen molar-refractivity contribution in [1.82, 2.24) is 4.98 Å². The van der Waals surface area contributed by atoms with Gasteiger partial charge in [-0.05, 0) is 50.8 Å². The fraction of sp³-hybridized carbons (Fsp3) is 0.435. The van der Waals surface area contributed by atoms with E-state index >= 15 is 0 Å². The molecule has 6 nitrogen and oxygen atoms in total. The van der Waals surface area contributed by atoms with Gasteiger partial charge in [0.1, 0.15) is 11.9 Å². The van der Waals surface area contributed by atoms with Crippen LogP contribution in [0.4, 0.5) is 5.13 Å². The Morgan fingerprint density at radius 3 is 2.53 bits per heavy atom. The van der Waals surface area contributed by atoms with Gasteiger partial charge in [0.05, 0.1) is 30.3 Å². The van der Waals surface area contributed by atoms with E-state index in [0.717, 1.165) is 47.6 Å². The van der Waals surface area contributed by atoms with Gasteiger partial charge in [0, 0.05) is 4.88 Å². The molecule has 0 spiro atoms. The van der Waals surface area contributed by atoms with E-state index in [0.29, 0.717) is 10.7 Å². The van der Waals surface area contributed by atoms with Crippen LogP contribution in [0.25, 0.3) is 0 Å². The Morgan fingerprint density at radius 1 is 1.13 bits per heavy atom. The Bertz CT molecular complexity index is 1040. The summed E-state index contributed by atoms with van der Waals surface area (Å²) in [5, 5.41) is 0.601. The van der Waals surface area contributed by atoms with E-state index in [1.54, 1.807) is 12.0 Å². The third kappa shape index (κ3) is 2.87. The predicted molar refractivity (Wildman–Crippen MR) is 114 cm³/mol. The molecule has 1 aromatic carbocycles. The molecule has 5 rings (SSSR count). The normalized spacial score (nSPS) is 25.8. The molecule has 0 radical (unpaired) electrons. The summed E-state index contributed by atoms with van der Waals surface area (Å²) in [4.78, 5) is 34.4. The third-order valence-electron chi connectivity index (χ3n) is 6.42. The highest BCUT2D eigenvalue weighted by atomic mass is 32.1. The van der Waals surface area contributed by atoms with Crippen LogP contribution in [-0.4, -0.2) is 29.9 Å². The number of hydrogen-bond donors (Lipinski definition) is 0. The molecular formula is C23H24N2O4S. The van der Waals surface area contributed by atoms with Gasteiger partial charge in [0.15, 0.2) is 16.7 Å². The third-order valence-corrected chi connectivity index (χ3v) is 7.49. The molecule has 156 valence electrons. The van der Waals surface area contributed by atoms with Crippen LogP contribution in [-0.2, 0) is 14.3 Å². The van der Waals surface area contributed by atoms with Crippen LogP contribution in [0.2, 0.25) is 0 Å². The van der Waals surface area contributed by atoms with Gasteiger partial charge in [0.2, 0.25) is 0 Å². The molecule has 0 N–H and O–H groups in total. The number of methoxy groups -OCH3 is 1. The number of fused-ring (bicyclic) bond motifs is 1. The fourth-order valence-corrected chi connectivity index (χ4v) is 5.64. The van der Waals surface area contributed by atoms with Crippen molar-refractivity contribution in [2.75, 3.05) is 12.0 Å². The van der Waals surface area contributed by atoms with Crippen LogP contribution < -0.4 is 9.64 Å². The topological polar surface area (TPSA) is 68.7 Å². The molecular weight excluding hydrogens is 400 g/mol. The number of carbonyl (C=O) groups excluding carboxylic acids is 2. The maximum absolute atomic E-state index is 13.6. The molecule has 0 saturated heterocycles. The van der Waals surface area contributed by atoms with Crippen LogP contribution in [0.5, 0.6) is 5.75 Å². The zero-order chi connectivity index (χ0) is 21.0. The molecule has 3 unspecified atom stereocenters. The number of hydrogen-bond acceptors (Lipinski definition) is 6. The molecule has 3 atom stereocenters. The van der Waals surface area contributed by atoms with Crippen molar-refractivity contribution in [3.05, 3.63) is 51.7 Å². The van der Waals surface area contributed by atoms with Gasteiger partial charge >= 0.3 is 0 Å². The van der Waals surface area contributed by atoms with Gasteiger partial charge in [0.25, 0.3) is 5.91 Å². The average molecular weight is 425 g/mol. The number of amides is 1. The van der Waals surface area contributed by atoms with Crippen molar-refractivity contribution in [2.24, 2.45) is 5.92 Å². The molecule has 1 aliphatic carbocycles. The minimum absolute atomic E-state index is 0.0580. The van der Waals surface area contributed by atoms with E-state index in [4.69, 9.17) is 9.47 Å². The summed E-state index contributed by atoms with van der Waals surface area (Å²) in [6.07, 6.45) is 3.50. The number of ketones is 1. The number of nitrogens with zero attached hydrogens (tertiary/aromatic N) is 2. The number of benzene rings is 1. The second kappa shape index (κ2) is 7.23. The summed E-state index contributed by atoms with van der Waals surface area (Å²) in [6.45, 7) is 3.92. The largest absolute Gasteiger partial charge is 0.497 e. The molecule has 3 aliphatic rings. The summed E-state index contributed by atoms with van der Waals surface area (Å²) in [7, 11) is 1.61. The van der Waals surface area contributed by atoms with E-state index in [-0.39, 0.29) is 29.5 Å². The number of aromatic nitrogens is 1. The number of Topliss-reactive ketones (excluding diaryl/α,β-unsaturated/α-hetero) is 1. The first-order chi connectivity index (χ1) is 14.5. The molecule has 1 saturated carbocycles. The lowest BCUT2D eigenvalue weighted by Gasteiger charge is -2.35. The van der Waals surface area contributed by atoms with Crippen molar-refractivity contribution in [1.29, 1.82) is 0 Å². The second-order valence-corrected chi connectivity index (χ2v) is 9.32. The highest BCUT2D eigenvalue weighted by Gasteiger charge is 2.53. The first kappa shape index (κ1) is 19.3. The first-order valence-corrected chi connectivity index (χ1v) is 11.2. The van der Waals surface area contributed by atoms with Gasteiger partial charge in [-0.2, -0.15) is 0 Å². The van der Waals surface area contributed by atoms with Gasteiger partial charge in [-0.3, -0.25) is 14.5 Å². The average Bonchev–Trinajstić information content (AvgIpc) is 3.24. The van der Waals surface area contributed by atoms with Gasteiger partial charge < -0.3 is 9.47 Å². The van der Waals surface area contributed by atoms with Crippen LogP contribution in [0.15, 0.2) is 35.6 Å². The van der Waals surface area contributed by atoms with Gasteiger partial charge in [-0.25, -0.2) is 4.98 Å². The Labute approximate surface area is 179 Å². The lowest BCUT2D eigenvalue weighted by molar-refractivity contribution is -0.131. The van der Waals surface area contributed by atoms with Crippen LogP contribution >= 0.6 is 11.3 Å². The van der Waals surface area contributed by atoms with Crippen LogP contribution in [0.3, 0.4) is 0 Å². The Morgan fingerprint density at radius 2 is 1.87 bits per heavy atom. The lowest BCUT2D eigenvalue weighted by atomic mass is 9.77. The fourth-order valence-electron chi connectivity index (χ4n) is 4.70. The molecule has 1 fully saturated rings. The van der Waals surface area contributed by atoms with Gasteiger partial charge in [-0.1, -0.05) is 18.6 Å². The lowest BCUT2D eigenvalue weighted by Crippen LogP contribution is -2.39. The van der Waals surface area contributed by atoms with E-state index < -0.39 is 6.04 Å². The molecule has 2 aliphatic heterocycles. The number of ether oxygens (including phenoxy) is 2. The first-order valence-electron chi connectivity index (χ1n) is 10.4. The Kier molecular flexibility index (Phi) is 4.65. The molecule has 2 aromatic rings. The highest BCUT2D eigenvalue weighted by molar-refractivity contribution is 7.15. The highest BCUT2D eigenvalue weighted by Crippen LogP contribution is 2.49. The predicted octanol–water partition coefficient (Wildman–Crippen LogP) is 4.27. The molecule has 3 heterocycles.